The molecule has 1 unspecified atom stereocenters. The van der Waals surface area contributed by atoms with E-state index in [0.717, 1.165) is 21.7 Å². The summed E-state index contributed by atoms with van der Waals surface area (Å²) in [6.45, 7) is 7.88. The molecular formula is C23H21N3O2S3. The van der Waals surface area contributed by atoms with Crippen LogP contribution in [0.3, 0.4) is 0 Å². The van der Waals surface area contributed by atoms with Crippen LogP contribution < -0.4 is 10.9 Å². The number of nitrogens with one attached hydrogen (secondary N) is 1. The minimum Gasteiger partial charge on any atom is -0.325 e. The van der Waals surface area contributed by atoms with E-state index in [1.807, 2.05) is 61.0 Å². The van der Waals surface area contributed by atoms with Gasteiger partial charge in [-0.25, -0.2) is 4.98 Å². The first-order valence-corrected chi connectivity index (χ1v) is 12.3. The van der Waals surface area contributed by atoms with E-state index in [1.165, 1.54) is 23.1 Å². The molecule has 1 amide bonds. The maximum absolute atomic E-state index is 13.4. The van der Waals surface area contributed by atoms with E-state index in [0.29, 0.717) is 21.9 Å². The smallest absolute Gasteiger partial charge is 0.263 e. The molecule has 31 heavy (non-hydrogen) atoms. The van der Waals surface area contributed by atoms with E-state index in [2.05, 4.69) is 11.9 Å². The quantitative estimate of drug-likeness (QED) is 0.212. The lowest BCUT2D eigenvalue weighted by molar-refractivity contribution is -0.115. The Bertz CT molecular complexity index is 1310. The van der Waals surface area contributed by atoms with Crippen LogP contribution in [-0.4, -0.2) is 20.7 Å². The van der Waals surface area contributed by atoms with E-state index < -0.39 is 5.25 Å². The lowest BCUT2D eigenvalue weighted by atomic mass is 10.2. The predicted molar refractivity (Wildman–Crippen MR) is 133 cm³/mol. The number of allylic oxidation sites excluding steroid dienone is 1. The van der Waals surface area contributed by atoms with Crippen molar-refractivity contribution in [2.24, 2.45) is 0 Å². The third-order valence-electron chi connectivity index (χ3n) is 4.81. The highest BCUT2D eigenvalue weighted by atomic mass is 32.2. The number of hydrogen-bond acceptors (Lipinski definition) is 6. The molecule has 0 aliphatic rings. The second-order valence-electron chi connectivity index (χ2n) is 6.97. The second-order valence-corrected chi connectivity index (χ2v) is 10.1. The van der Waals surface area contributed by atoms with Crippen LogP contribution in [0.15, 0.2) is 69.8 Å². The van der Waals surface area contributed by atoms with Crippen molar-refractivity contribution in [1.29, 1.82) is 0 Å². The first-order valence-electron chi connectivity index (χ1n) is 9.69. The third-order valence-corrected chi connectivity index (χ3v) is 7.68. The van der Waals surface area contributed by atoms with Crippen molar-refractivity contribution >= 4 is 56.2 Å². The number of nitrogens with zero attached hydrogens (tertiary/aromatic N) is 2. The number of thioether (sulfide) groups is 1. The molecule has 3 aromatic heterocycles. The molecule has 158 valence electrons. The fourth-order valence-corrected chi connectivity index (χ4v) is 5.88. The monoisotopic (exact) mass is 467 g/mol. The van der Waals surface area contributed by atoms with Crippen LogP contribution in [0.1, 0.15) is 12.5 Å². The van der Waals surface area contributed by atoms with Crippen LogP contribution in [0.4, 0.5) is 5.69 Å². The lowest BCUT2D eigenvalue weighted by Crippen LogP contribution is -2.26. The molecule has 1 aromatic carbocycles. The maximum atomic E-state index is 13.4. The van der Waals surface area contributed by atoms with Gasteiger partial charge in [-0.05, 0) is 36.9 Å². The van der Waals surface area contributed by atoms with Gasteiger partial charge in [0, 0.05) is 28.1 Å². The summed E-state index contributed by atoms with van der Waals surface area (Å²) in [7, 11) is 0. The molecule has 3 heterocycles. The maximum Gasteiger partial charge on any atom is 0.263 e. The molecule has 0 aliphatic carbocycles. The Kier molecular flexibility index (Phi) is 6.41. The third kappa shape index (κ3) is 4.37. The van der Waals surface area contributed by atoms with Gasteiger partial charge in [0.05, 0.1) is 10.6 Å². The average molecular weight is 468 g/mol. The van der Waals surface area contributed by atoms with E-state index in [4.69, 9.17) is 4.98 Å². The van der Waals surface area contributed by atoms with E-state index in [9.17, 15) is 9.59 Å². The summed E-state index contributed by atoms with van der Waals surface area (Å²) in [4.78, 5) is 32.6. The second kappa shape index (κ2) is 9.21. The number of carbonyl (C=O) groups is 1. The average Bonchev–Trinajstić information content (AvgIpc) is 3.42. The molecule has 0 saturated heterocycles. The number of para-hydroxylation sites is 1. The van der Waals surface area contributed by atoms with Crippen LogP contribution >= 0.6 is 34.4 Å². The Hall–Kier alpha value is -2.68. The van der Waals surface area contributed by atoms with Gasteiger partial charge in [0.15, 0.2) is 5.16 Å². The normalized spacial score (nSPS) is 12.1. The fourth-order valence-electron chi connectivity index (χ4n) is 3.16. The van der Waals surface area contributed by atoms with Crippen LogP contribution in [-0.2, 0) is 11.3 Å². The number of fused-ring (bicyclic) bond motifs is 1. The molecule has 5 nitrogen and oxygen atoms in total. The first-order chi connectivity index (χ1) is 15.0. The Morgan fingerprint density at radius 1 is 1.29 bits per heavy atom. The van der Waals surface area contributed by atoms with Gasteiger partial charge in [-0.3, -0.25) is 14.2 Å². The predicted octanol–water partition coefficient (Wildman–Crippen LogP) is 5.80. The minimum absolute atomic E-state index is 0.108. The lowest BCUT2D eigenvalue weighted by Gasteiger charge is -2.15. The molecule has 0 saturated carbocycles. The molecule has 1 N–H and O–H groups in total. The van der Waals surface area contributed by atoms with Gasteiger partial charge in [-0.1, -0.05) is 42.1 Å². The fraction of sp³-hybridized carbons (Fsp3) is 0.174. The van der Waals surface area contributed by atoms with Gasteiger partial charge in [-0.15, -0.1) is 29.3 Å². The number of carbonyl (C=O) groups excluding carboxylic acids is 1. The van der Waals surface area contributed by atoms with Crippen molar-refractivity contribution in [3.8, 4) is 10.4 Å². The molecule has 4 aromatic rings. The highest BCUT2D eigenvalue weighted by Crippen LogP contribution is 2.35. The summed E-state index contributed by atoms with van der Waals surface area (Å²) in [5.41, 5.74) is 2.58. The van der Waals surface area contributed by atoms with Gasteiger partial charge in [0.1, 0.15) is 4.83 Å². The van der Waals surface area contributed by atoms with Crippen LogP contribution in [0.25, 0.3) is 20.7 Å². The summed E-state index contributed by atoms with van der Waals surface area (Å²) in [5.74, 6) is -0.135. The molecule has 0 fully saturated rings. The summed E-state index contributed by atoms with van der Waals surface area (Å²) in [5, 5.41) is 7.64. The Morgan fingerprint density at radius 3 is 2.81 bits per heavy atom. The first kappa shape index (κ1) is 21.5. The van der Waals surface area contributed by atoms with Crippen LogP contribution in [0, 0.1) is 6.92 Å². The standard InChI is InChI=1S/C23H21N3O2S3/c1-4-11-26-22(28)19-16(18-10-7-12-29-18)13-30-21(19)25-23(26)31-15(3)20(27)24-17-9-6-5-8-14(17)2/h4-10,12-13,15H,1,11H2,2-3H3,(H,24,27). The van der Waals surface area contributed by atoms with Gasteiger partial charge in [-0.2, -0.15) is 0 Å². The number of thiophene rings is 2. The Morgan fingerprint density at radius 2 is 2.10 bits per heavy atom. The number of hydrogen-bond donors (Lipinski definition) is 1. The zero-order valence-corrected chi connectivity index (χ0v) is 19.6. The van der Waals surface area contributed by atoms with Gasteiger partial charge >= 0.3 is 0 Å². The summed E-state index contributed by atoms with van der Waals surface area (Å²) < 4.78 is 1.60. The summed E-state index contributed by atoms with van der Waals surface area (Å²) in [6.07, 6.45) is 1.67. The van der Waals surface area contributed by atoms with Crippen molar-refractivity contribution in [3.05, 3.63) is 75.7 Å². The molecule has 8 heteroatoms. The zero-order valence-electron chi connectivity index (χ0n) is 17.1. The van der Waals surface area contributed by atoms with Crippen molar-refractivity contribution in [1.82, 2.24) is 9.55 Å². The van der Waals surface area contributed by atoms with Crippen LogP contribution in [0.5, 0.6) is 0 Å². The Balaban J connectivity index is 1.67. The number of anilines is 1. The number of aryl methyl sites for hydroxylation is 1. The van der Waals surface area contributed by atoms with Gasteiger partial charge in [0.25, 0.3) is 5.56 Å². The zero-order chi connectivity index (χ0) is 22.0. The molecule has 4 rings (SSSR count). The van der Waals surface area contributed by atoms with Crippen LogP contribution in [0.2, 0.25) is 0 Å². The van der Waals surface area contributed by atoms with Crippen molar-refractivity contribution in [3.63, 3.8) is 0 Å². The molecule has 0 radical (unpaired) electrons. The molecule has 0 spiro atoms. The van der Waals surface area contributed by atoms with Gasteiger partial charge in [0.2, 0.25) is 5.91 Å². The number of amides is 1. The van der Waals surface area contributed by atoms with Gasteiger partial charge < -0.3 is 5.32 Å². The topological polar surface area (TPSA) is 64.0 Å². The minimum atomic E-state index is -0.434. The van der Waals surface area contributed by atoms with Crippen molar-refractivity contribution in [2.45, 2.75) is 30.8 Å². The summed E-state index contributed by atoms with van der Waals surface area (Å²) in [6, 6.07) is 11.6. The Labute approximate surface area is 192 Å². The highest BCUT2D eigenvalue weighted by Gasteiger charge is 2.22. The molecule has 0 bridgehead atoms. The SMILES string of the molecule is C=CCn1c(SC(C)C(=O)Nc2ccccc2C)nc2scc(-c3cccs3)c2c1=O. The number of rotatable bonds is 7. The highest BCUT2D eigenvalue weighted by molar-refractivity contribution is 8.00. The molecule has 0 aliphatic heterocycles. The number of aromatic nitrogens is 2. The van der Waals surface area contributed by atoms with Crippen molar-refractivity contribution < 1.29 is 4.79 Å². The number of benzene rings is 1. The van der Waals surface area contributed by atoms with Crippen molar-refractivity contribution in [2.75, 3.05) is 5.32 Å². The van der Waals surface area contributed by atoms with E-state index >= 15 is 0 Å². The van der Waals surface area contributed by atoms with E-state index in [-0.39, 0.29) is 11.5 Å². The summed E-state index contributed by atoms with van der Waals surface area (Å²) >= 11 is 4.33. The van der Waals surface area contributed by atoms with E-state index in [1.54, 1.807) is 22.0 Å². The largest absolute Gasteiger partial charge is 0.325 e. The molecule has 1 atom stereocenters. The molecular weight excluding hydrogens is 446 g/mol.